The Balaban J connectivity index is 2.52. The van der Waals surface area contributed by atoms with E-state index in [2.05, 4.69) is 11.9 Å². The van der Waals surface area contributed by atoms with Gasteiger partial charge in [-0.05, 0) is 12.5 Å². The Bertz CT molecular complexity index is 312. The Morgan fingerprint density at radius 2 is 2.21 bits per heavy atom. The van der Waals surface area contributed by atoms with Crippen LogP contribution < -0.4 is 0 Å². The van der Waals surface area contributed by atoms with Gasteiger partial charge in [-0.2, -0.15) is 0 Å². The fraction of sp³-hybridized carbons (Fsp3) is 0.455. The van der Waals surface area contributed by atoms with Crippen LogP contribution in [0, 0.1) is 5.82 Å². The van der Waals surface area contributed by atoms with Crippen molar-refractivity contribution in [2.45, 2.75) is 32.6 Å². The SMILES string of the molecule is CCCCCC(=O)c1cncc(F)c1. The van der Waals surface area contributed by atoms with E-state index in [0.717, 1.165) is 25.5 Å². The number of halogens is 1. The number of carbonyl (C=O) groups excluding carboxylic acids is 1. The second kappa shape index (κ2) is 5.47. The molecule has 76 valence electrons. The lowest BCUT2D eigenvalue weighted by atomic mass is 10.1. The van der Waals surface area contributed by atoms with E-state index in [4.69, 9.17) is 0 Å². The Morgan fingerprint density at radius 1 is 1.43 bits per heavy atom. The molecule has 0 bridgehead atoms. The predicted molar refractivity (Wildman–Crippen MR) is 52.7 cm³/mol. The zero-order chi connectivity index (χ0) is 10.4. The monoisotopic (exact) mass is 195 g/mol. The van der Waals surface area contributed by atoms with Crippen LogP contribution in [0.2, 0.25) is 0 Å². The summed E-state index contributed by atoms with van der Waals surface area (Å²) in [5.41, 5.74) is 0.376. The zero-order valence-corrected chi connectivity index (χ0v) is 8.29. The molecule has 0 unspecified atom stereocenters. The van der Waals surface area contributed by atoms with E-state index < -0.39 is 5.82 Å². The summed E-state index contributed by atoms with van der Waals surface area (Å²) >= 11 is 0. The molecular formula is C11H14FNO. The first-order chi connectivity index (χ1) is 6.74. The molecule has 1 rings (SSSR count). The summed E-state index contributed by atoms with van der Waals surface area (Å²) in [4.78, 5) is 15.1. The highest BCUT2D eigenvalue weighted by Crippen LogP contribution is 2.08. The van der Waals surface area contributed by atoms with Crippen LogP contribution in [-0.4, -0.2) is 10.8 Å². The van der Waals surface area contributed by atoms with Crippen LogP contribution in [-0.2, 0) is 0 Å². The van der Waals surface area contributed by atoms with Crippen LogP contribution >= 0.6 is 0 Å². The van der Waals surface area contributed by atoms with Gasteiger partial charge in [0, 0.05) is 18.2 Å². The van der Waals surface area contributed by atoms with Gasteiger partial charge in [-0.15, -0.1) is 0 Å². The normalized spacial score (nSPS) is 10.1. The summed E-state index contributed by atoms with van der Waals surface area (Å²) in [5.74, 6) is -0.475. The molecule has 1 aromatic rings. The fourth-order valence-electron chi connectivity index (χ4n) is 1.24. The number of unbranched alkanes of at least 4 members (excludes halogenated alkanes) is 2. The molecule has 2 nitrogen and oxygen atoms in total. The quantitative estimate of drug-likeness (QED) is 0.534. The van der Waals surface area contributed by atoms with E-state index in [9.17, 15) is 9.18 Å². The third kappa shape index (κ3) is 3.24. The van der Waals surface area contributed by atoms with Gasteiger partial charge in [-0.1, -0.05) is 19.8 Å². The van der Waals surface area contributed by atoms with Gasteiger partial charge in [0.1, 0.15) is 5.82 Å². The molecule has 3 heteroatoms. The Labute approximate surface area is 83.2 Å². The number of rotatable bonds is 5. The van der Waals surface area contributed by atoms with Gasteiger partial charge in [0.2, 0.25) is 0 Å². The maximum Gasteiger partial charge on any atom is 0.164 e. The van der Waals surface area contributed by atoms with Crippen molar-refractivity contribution >= 4 is 5.78 Å². The highest BCUT2D eigenvalue weighted by Gasteiger charge is 2.06. The third-order valence-electron chi connectivity index (χ3n) is 2.03. The summed E-state index contributed by atoms with van der Waals surface area (Å²) < 4.78 is 12.7. The fourth-order valence-corrected chi connectivity index (χ4v) is 1.24. The molecule has 0 aromatic carbocycles. The molecule has 0 amide bonds. The number of hydrogen-bond donors (Lipinski definition) is 0. The van der Waals surface area contributed by atoms with Crippen LogP contribution in [0.15, 0.2) is 18.5 Å². The van der Waals surface area contributed by atoms with Gasteiger partial charge in [0.25, 0.3) is 0 Å². The maximum atomic E-state index is 12.7. The number of carbonyl (C=O) groups is 1. The molecule has 0 atom stereocenters. The second-order valence-electron chi connectivity index (χ2n) is 3.27. The van der Waals surface area contributed by atoms with Crippen LogP contribution in [0.4, 0.5) is 4.39 Å². The number of Topliss-reactive ketones (excluding diaryl/α,β-unsaturated/α-hetero) is 1. The van der Waals surface area contributed by atoms with Gasteiger partial charge in [0.05, 0.1) is 6.20 Å². The number of aromatic nitrogens is 1. The Kier molecular flexibility index (Phi) is 4.23. The van der Waals surface area contributed by atoms with E-state index in [1.165, 1.54) is 12.3 Å². The third-order valence-corrected chi connectivity index (χ3v) is 2.03. The molecule has 0 N–H and O–H groups in total. The molecule has 0 aliphatic rings. The lowest BCUT2D eigenvalue weighted by molar-refractivity contribution is 0.0978. The van der Waals surface area contributed by atoms with Crippen molar-refractivity contribution in [3.8, 4) is 0 Å². The first-order valence-corrected chi connectivity index (χ1v) is 4.87. The van der Waals surface area contributed by atoms with Crippen molar-refractivity contribution in [3.05, 3.63) is 29.8 Å². The molecule has 0 aliphatic heterocycles. The van der Waals surface area contributed by atoms with Crippen LogP contribution in [0.5, 0.6) is 0 Å². The molecule has 0 saturated heterocycles. The molecule has 14 heavy (non-hydrogen) atoms. The largest absolute Gasteiger partial charge is 0.294 e. The minimum Gasteiger partial charge on any atom is -0.294 e. The minimum atomic E-state index is -0.452. The highest BCUT2D eigenvalue weighted by atomic mass is 19.1. The van der Waals surface area contributed by atoms with E-state index >= 15 is 0 Å². The summed E-state index contributed by atoms with van der Waals surface area (Å²) in [6.07, 6.45) is 5.98. The lowest BCUT2D eigenvalue weighted by Gasteiger charge is -1.99. The summed E-state index contributed by atoms with van der Waals surface area (Å²) in [5, 5.41) is 0. The maximum absolute atomic E-state index is 12.7. The second-order valence-corrected chi connectivity index (χ2v) is 3.27. The van der Waals surface area contributed by atoms with Crippen molar-refractivity contribution in [2.24, 2.45) is 0 Å². The van der Waals surface area contributed by atoms with E-state index in [1.54, 1.807) is 0 Å². The zero-order valence-electron chi connectivity index (χ0n) is 8.29. The number of nitrogens with zero attached hydrogens (tertiary/aromatic N) is 1. The van der Waals surface area contributed by atoms with Crippen LogP contribution in [0.3, 0.4) is 0 Å². The smallest absolute Gasteiger partial charge is 0.164 e. The van der Waals surface area contributed by atoms with Crippen LogP contribution in [0.1, 0.15) is 43.0 Å². The Hall–Kier alpha value is -1.25. The average Bonchev–Trinajstić information content (AvgIpc) is 2.18. The molecule has 1 heterocycles. The standard InChI is InChI=1S/C11H14FNO/c1-2-3-4-5-11(14)9-6-10(12)8-13-7-9/h6-8H,2-5H2,1H3. The number of hydrogen-bond acceptors (Lipinski definition) is 2. The average molecular weight is 195 g/mol. The van der Waals surface area contributed by atoms with Gasteiger partial charge in [0.15, 0.2) is 5.78 Å². The van der Waals surface area contributed by atoms with Crippen molar-refractivity contribution in [1.29, 1.82) is 0 Å². The van der Waals surface area contributed by atoms with Crippen molar-refractivity contribution < 1.29 is 9.18 Å². The van der Waals surface area contributed by atoms with E-state index in [1.807, 2.05) is 0 Å². The van der Waals surface area contributed by atoms with E-state index in [0.29, 0.717) is 12.0 Å². The predicted octanol–water partition coefficient (Wildman–Crippen LogP) is 2.98. The highest BCUT2D eigenvalue weighted by molar-refractivity contribution is 5.95. The minimum absolute atomic E-state index is 0.0227. The van der Waals surface area contributed by atoms with Crippen molar-refractivity contribution in [3.63, 3.8) is 0 Å². The van der Waals surface area contributed by atoms with Crippen LogP contribution in [0.25, 0.3) is 0 Å². The molecule has 0 aliphatic carbocycles. The molecule has 0 radical (unpaired) electrons. The summed E-state index contributed by atoms with van der Waals surface area (Å²) in [7, 11) is 0. The topological polar surface area (TPSA) is 30.0 Å². The molecule has 1 aromatic heterocycles. The number of ketones is 1. The van der Waals surface area contributed by atoms with Crippen molar-refractivity contribution in [2.75, 3.05) is 0 Å². The molecule has 0 fully saturated rings. The molecule has 0 spiro atoms. The lowest BCUT2D eigenvalue weighted by Crippen LogP contribution is -2.00. The van der Waals surface area contributed by atoms with Gasteiger partial charge in [-0.3, -0.25) is 9.78 Å². The van der Waals surface area contributed by atoms with E-state index in [-0.39, 0.29) is 5.78 Å². The first kappa shape index (κ1) is 10.8. The molecular weight excluding hydrogens is 181 g/mol. The van der Waals surface area contributed by atoms with Gasteiger partial charge in [-0.25, -0.2) is 4.39 Å². The molecule has 0 saturated carbocycles. The number of pyridine rings is 1. The van der Waals surface area contributed by atoms with Crippen molar-refractivity contribution in [1.82, 2.24) is 4.98 Å². The van der Waals surface area contributed by atoms with Gasteiger partial charge >= 0.3 is 0 Å². The Morgan fingerprint density at radius 3 is 2.86 bits per heavy atom. The van der Waals surface area contributed by atoms with Gasteiger partial charge < -0.3 is 0 Å². The summed E-state index contributed by atoms with van der Waals surface area (Å²) in [6.45, 7) is 2.08. The first-order valence-electron chi connectivity index (χ1n) is 4.87. The summed E-state index contributed by atoms with van der Waals surface area (Å²) in [6, 6.07) is 1.24.